The largest absolute Gasteiger partial charge is 0.310 e. The fourth-order valence-electron chi connectivity index (χ4n) is 5.29. The van der Waals surface area contributed by atoms with Gasteiger partial charge < -0.3 is 4.90 Å². The van der Waals surface area contributed by atoms with E-state index in [4.69, 9.17) is 11.6 Å². The molecule has 2 heteroatoms. The lowest BCUT2D eigenvalue weighted by molar-refractivity contribution is 0.660. The molecule has 1 aliphatic carbocycles. The Morgan fingerprint density at radius 3 is 1.71 bits per heavy atom. The second-order valence-corrected chi connectivity index (χ2v) is 10.1. The summed E-state index contributed by atoms with van der Waals surface area (Å²) in [5, 5.41) is 0.786. The highest BCUT2D eigenvalue weighted by Gasteiger charge is 2.36. The maximum atomic E-state index is 6.38. The molecule has 0 amide bonds. The van der Waals surface area contributed by atoms with E-state index in [1.54, 1.807) is 0 Å². The van der Waals surface area contributed by atoms with Crippen LogP contribution in [0.1, 0.15) is 25.0 Å². The van der Waals surface area contributed by atoms with Gasteiger partial charge in [-0.3, -0.25) is 0 Å². The van der Waals surface area contributed by atoms with Gasteiger partial charge in [0.25, 0.3) is 0 Å². The third-order valence-corrected chi connectivity index (χ3v) is 7.36. The van der Waals surface area contributed by atoms with Crippen LogP contribution in [0.2, 0.25) is 5.02 Å². The van der Waals surface area contributed by atoms with Crippen molar-refractivity contribution >= 4 is 28.7 Å². The average Bonchev–Trinajstić information content (AvgIpc) is 3.12. The smallest absolute Gasteiger partial charge is 0.0465 e. The van der Waals surface area contributed by atoms with E-state index in [9.17, 15) is 0 Å². The van der Waals surface area contributed by atoms with Gasteiger partial charge >= 0.3 is 0 Å². The molecule has 0 aromatic heterocycles. The highest BCUT2D eigenvalue weighted by molar-refractivity contribution is 6.30. The van der Waals surface area contributed by atoms with Crippen molar-refractivity contribution in [1.82, 2.24) is 0 Å². The van der Waals surface area contributed by atoms with Crippen LogP contribution in [-0.2, 0) is 5.41 Å². The standard InChI is InChI=1S/C33H26ClN/c1-33(2)31-21-25(34)15-19-29(31)30-20-18-28(22-32(30)33)35(26-11-7-4-8-12-26)27-16-13-24(14-17-27)23-9-5-3-6-10-23/h3-22H,1-2H3. The lowest BCUT2D eigenvalue weighted by Gasteiger charge is -2.28. The summed E-state index contributed by atoms with van der Waals surface area (Å²) in [6.07, 6.45) is 0. The third-order valence-electron chi connectivity index (χ3n) is 7.13. The molecule has 1 nitrogen and oxygen atoms in total. The first kappa shape index (κ1) is 21.7. The maximum Gasteiger partial charge on any atom is 0.0465 e. The second kappa shape index (κ2) is 8.45. The van der Waals surface area contributed by atoms with E-state index < -0.39 is 0 Å². The molecule has 0 saturated carbocycles. The minimum absolute atomic E-state index is 0.120. The van der Waals surface area contributed by atoms with Gasteiger partial charge in [-0.1, -0.05) is 98.2 Å². The maximum absolute atomic E-state index is 6.38. The van der Waals surface area contributed by atoms with E-state index in [2.05, 4.69) is 134 Å². The van der Waals surface area contributed by atoms with Gasteiger partial charge in [-0.15, -0.1) is 0 Å². The Bertz CT molecular complexity index is 1500. The Morgan fingerprint density at radius 2 is 1.03 bits per heavy atom. The summed E-state index contributed by atoms with van der Waals surface area (Å²) in [6, 6.07) is 43.0. The number of halogens is 1. The lowest BCUT2D eigenvalue weighted by atomic mass is 9.82. The first-order valence-corrected chi connectivity index (χ1v) is 12.4. The van der Waals surface area contributed by atoms with Crippen molar-refractivity contribution < 1.29 is 0 Å². The Labute approximate surface area is 212 Å². The highest BCUT2D eigenvalue weighted by Crippen LogP contribution is 2.51. The van der Waals surface area contributed by atoms with Crippen molar-refractivity contribution in [3.05, 3.63) is 137 Å². The van der Waals surface area contributed by atoms with E-state index in [1.807, 2.05) is 6.07 Å². The first-order valence-electron chi connectivity index (χ1n) is 12.0. The molecule has 0 saturated heterocycles. The van der Waals surface area contributed by atoms with Crippen LogP contribution in [0.4, 0.5) is 17.1 Å². The zero-order valence-electron chi connectivity index (χ0n) is 19.9. The predicted molar refractivity (Wildman–Crippen MR) is 149 cm³/mol. The molecular formula is C33H26ClN. The third kappa shape index (κ3) is 3.73. The number of hydrogen-bond acceptors (Lipinski definition) is 1. The van der Waals surface area contributed by atoms with E-state index in [1.165, 1.54) is 33.4 Å². The van der Waals surface area contributed by atoms with Gasteiger partial charge in [0.2, 0.25) is 0 Å². The van der Waals surface area contributed by atoms with Gasteiger partial charge in [-0.2, -0.15) is 0 Å². The molecule has 0 aliphatic heterocycles. The van der Waals surface area contributed by atoms with E-state index in [-0.39, 0.29) is 5.41 Å². The molecule has 1 aliphatic rings. The number of para-hydroxylation sites is 1. The zero-order chi connectivity index (χ0) is 24.0. The van der Waals surface area contributed by atoms with Gasteiger partial charge in [0.15, 0.2) is 0 Å². The first-order chi connectivity index (χ1) is 17.0. The minimum atomic E-state index is -0.120. The van der Waals surface area contributed by atoms with Crippen molar-refractivity contribution in [3.8, 4) is 22.3 Å². The average molecular weight is 472 g/mol. The minimum Gasteiger partial charge on any atom is -0.310 e. The van der Waals surface area contributed by atoms with Crippen LogP contribution in [-0.4, -0.2) is 0 Å². The topological polar surface area (TPSA) is 3.24 Å². The van der Waals surface area contributed by atoms with Crippen LogP contribution in [0.15, 0.2) is 121 Å². The van der Waals surface area contributed by atoms with Gasteiger partial charge in [0.1, 0.15) is 0 Å². The Kier molecular flexibility index (Phi) is 5.24. The van der Waals surface area contributed by atoms with Crippen LogP contribution < -0.4 is 4.90 Å². The summed E-state index contributed by atoms with van der Waals surface area (Å²) < 4.78 is 0. The molecule has 0 atom stereocenters. The van der Waals surface area contributed by atoms with Crippen molar-refractivity contribution in [2.45, 2.75) is 19.3 Å². The van der Waals surface area contributed by atoms with E-state index >= 15 is 0 Å². The van der Waals surface area contributed by atoms with Gasteiger partial charge in [-0.05, 0) is 81.9 Å². The monoisotopic (exact) mass is 471 g/mol. The van der Waals surface area contributed by atoms with Crippen molar-refractivity contribution in [3.63, 3.8) is 0 Å². The van der Waals surface area contributed by atoms with Gasteiger partial charge in [0.05, 0.1) is 0 Å². The zero-order valence-corrected chi connectivity index (χ0v) is 20.6. The summed E-state index contributed by atoms with van der Waals surface area (Å²) in [5.41, 5.74) is 10.9. The SMILES string of the molecule is CC1(C)c2cc(Cl)ccc2-c2ccc(N(c3ccccc3)c3ccc(-c4ccccc4)cc3)cc21. The number of benzene rings is 5. The van der Waals surface area contributed by atoms with Crippen LogP contribution in [0.25, 0.3) is 22.3 Å². The molecule has 170 valence electrons. The Hall–Kier alpha value is -3.81. The fraction of sp³-hybridized carbons (Fsp3) is 0.0909. The number of fused-ring (bicyclic) bond motifs is 3. The molecule has 35 heavy (non-hydrogen) atoms. The number of hydrogen-bond donors (Lipinski definition) is 0. The van der Waals surface area contributed by atoms with Gasteiger partial charge in [-0.25, -0.2) is 0 Å². The van der Waals surface area contributed by atoms with Crippen LogP contribution in [0, 0.1) is 0 Å². The van der Waals surface area contributed by atoms with Crippen LogP contribution in [0.5, 0.6) is 0 Å². The number of rotatable bonds is 4. The normalized spacial score (nSPS) is 13.2. The fourth-order valence-corrected chi connectivity index (χ4v) is 5.47. The van der Waals surface area contributed by atoms with Crippen LogP contribution in [0.3, 0.4) is 0 Å². The van der Waals surface area contributed by atoms with E-state index in [0.717, 1.165) is 22.1 Å². The molecule has 0 fully saturated rings. The highest BCUT2D eigenvalue weighted by atomic mass is 35.5. The van der Waals surface area contributed by atoms with Crippen molar-refractivity contribution in [1.29, 1.82) is 0 Å². The number of anilines is 3. The summed E-state index contributed by atoms with van der Waals surface area (Å²) in [6.45, 7) is 4.58. The van der Waals surface area contributed by atoms with Crippen molar-refractivity contribution in [2.24, 2.45) is 0 Å². The second-order valence-electron chi connectivity index (χ2n) is 9.63. The summed E-state index contributed by atoms with van der Waals surface area (Å²) >= 11 is 6.38. The molecule has 5 aromatic carbocycles. The summed E-state index contributed by atoms with van der Waals surface area (Å²) in [7, 11) is 0. The molecule has 0 spiro atoms. The number of nitrogens with zero attached hydrogens (tertiary/aromatic N) is 1. The van der Waals surface area contributed by atoms with Gasteiger partial charge in [0, 0.05) is 27.5 Å². The quantitative estimate of drug-likeness (QED) is 0.252. The molecule has 6 rings (SSSR count). The molecule has 0 N–H and O–H groups in total. The predicted octanol–water partition coefficient (Wildman–Crippen LogP) is 9.78. The van der Waals surface area contributed by atoms with E-state index in [0.29, 0.717) is 0 Å². The molecule has 0 radical (unpaired) electrons. The summed E-state index contributed by atoms with van der Waals surface area (Å²) in [5.74, 6) is 0. The van der Waals surface area contributed by atoms with Crippen LogP contribution >= 0.6 is 11.6 Å². The molecule has 0 unspecified atom stereocenters. The molecule has 0 heterocycles. The lowest BCUT2D eigenvalue weighted by Crippen LogP contribution is -2.16. The Balaban J connectivity index is 1.47. The van der Waals surface area contributed by atoms with Crippen molar-refractivity contribution in [2.75, 3.05) is 4.90 Å². The molecular weight excluding hydrogens is 446 g/mol. The Morgan fingerprint density at radius 1 is 0.514 bits per heavy atom. The summed E-state index contributed by atoms with van der Waals surface area (Å²) in [4.78, 5) is 2.33. The molecule has 0 bridgehead atoms. The molecule has 5 aromatic rings.